The second-order valence-electron chi connectivity index (χ2n) is 4.42. The van der Waals surface area contributed by atoms with Crippen molar-refractivity contribution >= 4 is 5.91 Å². The third kappa shape index (κ3) is 2.08. The highest BCUT2D eigenvalue weighted by atomic mass is 16.2. The van der Waals surface area contributed by atoms with E-state index in [1.165, 1.54) is 6.42 Å². The van der Waals surface area contributed by atoms with Gasteiger partial charge in [0.2, 0.25) is 0 Å². The maximum atomic E-state index is 12.3. The molecule has 1 fully saturated rings. The lowest BCUT2D eigenvalue weighted by atomic mass is 10.1. The van der Waals surface area contributed by atoms with Crippen molar-refractivity contribution in [3.05, 3.63) is 29.1 Å². The van der Waals surface area contributed by atoms with Crippen LogP contribution < -0.4 is 0 Å². The van der Waals surface area contributed by atoms with Gasteiger partial charge in [-0.15, -0.1) is 0 Å². The Kier molecular flexibility index (Phi) is 3.22. The van der Waals surface area contributed by atoms with Gasteiger partial charge < -0.3 is 4.90 Å². The van der Waals surface area contributed by atoms with Crippen molar-refractivity contribution in [2.75, 3.05) is 13.1 Å². The van der Waals surface area contributed by atoms with E-state index < -0.39 is 0 Å². The molecular weight excluding hydrogens is 200 g/mol. The highest BCUT2D eigenvalue weighted by Crippen LogP contribution is 2.16. The van der Waals surface area contributed by atoms with E-state index in [2.05, 4.69) is 4.98 Å². The second kappa shape index (κ2) is 4.64. The van der Waals surface area contributed by atoms with Crippen LogP contribution in [0.3, 0.4) is 0 Å². The number of rotatable bonds is 1. The number of aromatic nitrogens is 1. The molecule has 0 aliphatic carbocycles. The number of piperidine rings is 1. The minimum absolute atomic E-state index is 0.169. The van der Waals surface area contributed by atoms with Crippen LogP contribution in [0.5, 0.6) is 0 Å². The Morgan fingerprint density at radius 3 is 2.62 bits per heavy atom. The van der Waals surface area contributed by atoms with Crippen molar-refractivity contribution in [2.24, 2.45) is 0 Å². The van der Waals surface area contributed by atoms with Crippen molar-refractivity contribution in [3.8, 4) is 0 Å². The Bertz CT molecular complexity index is 395. The van der Waals surface area contributed by atoms with Crippen molar-refractivity contribution in [1.82, 2.24) is 9.88 Å². The SMILES string of the molecule is Cc1nccc(C(=O)N2CCCCC2)c1C. The minimum Gasteiger partial charge on any atom is -0.339 e. The van der Waals surface area contributed by atoms with Crippen molar-refractivity contribution in [2.45, 2.75) is 33.1 Å². The number of aryl methyl sites for hydroxylation is 1. The monoisotopic (exact) mass is 218 g/mol. The van der Waals surface area contributed by atoms with Crippen molar-refractivity contribution < 1.29 is 4.79 Å². The highest BCUT2D eigenvalue weighted by Gasteiger charge is 2.19. The molecular formula is C13H18N2O. The average Bonchev–Trinajstić information content (AvgIpc) is 2.33. The van der Waals surface area contributed by atoms with Crippen molar-refractivity contribution in [1.29, 1.82) is 0 Å². The molecule has 2 heterocycles. The molecule has 0 unspecified atom stereocenters. The van der Waals surface area contributed by atoms with Crippen LogP contribution in [0, 0.1) is 13.8 Å². The predicted octanol–water partition coefficient (Wildman–Crippen LogP) is 2.32. The second-order valence-corrected chi connectivity index (χ2v) is 4.42. The maximum absolute atomic E-state index is 12.3. The zero-order valence-electron chi connectivity index (χ0n) is 9.99. The summed E-state index contributed by atoms with van der Waals surface area (Å²) in [6, 6.07) is 1.83. The van der Waals surface area contributed by atoms with E-state index in [4.69, 9.17) is 0 Å². The molecule has 16 heavy (non-hydrogen) atoms. The maximum Gasteiger partial charge on any atom is 0.254 e. The lowest BCUT2D eigenvalue weighted by Gasteiger charge is -2.27. The minimum atomic E-state index is 0.169. The molecule has 3 nitrogen and oxygen atoms in total. The lowest BCUT2D eigenvalue weighted by Crippen LogP contribution is -2.36. The van der Waals surface area contributed by atoms with Gasteiger partial charge in [-0.05, 0) is 44.7 Å². The van der Waals surface area contributed by atoms with Gasteiger partial charge in [0.05, 0.1) is 0 Å². The predicted molar refractivity (Wildman–Crippen MR) is 63.5 cm³/mol. The van der Waals surface area contributed by atoms with Crippen LogP contribution in [0.25, 0.3) is 0 Å². The van der Waals surface area contributed by atoms with Gasteiger partial charge in [0.25, 0.3) is 5.91 Å². The number of carbonyl (C=O) groups is 1. The Morgan fingerprint density at radius 1 is 1.25 bits per heavy atom. The van der Waals surface area contributed by atoms with Gasteiger partial charge in [-0.25, -0.2) is 0 Å². The van der Waals surface area contributed by atoms with Crippen LogP contribution in [0.1, 0.15) is 40.9 Å². The summed E-state index contributed by atoms with van der Waals surface area (Å²) < 4.78 is 0. The third-order valence-corrected chi connectivity index (χ3v) is 3.33. The van der Waals surface area contributed by atoms with E-state index in [9.17, 15) is 4.79 Å². The zero-order valence-corrected chi connectivity index (χ0v) is 9.99. The molecule has 1 aromatic rings. The van der Waals surface area contributed by atoms with Crippen LogP contribution in [-0.2, 0) is 0 Å². The zero-order chi connectivity index (χ0) is 11.5. The summed E-state index contributed by atoms with van der Waals surface area (Å²) in [5, 5.41) is 0. The molecule has 0 bridgehead atoms. The normalized spacial score (nSPS) is 16.2. The molecule has 0 saturated carbocycles. The van der Waals surface area contributed by atoms with Crippen LogP contribution in [0.4, 0.5) is 0 Å². The molecule has 3 heteroatoms. The van der Waals surface area contributed by atoms with Gasteiger partial charge in [-0.3, -0.25) is 9.78 Å². The van der Waals surface area contributed by atoms with Gasteiger partial charge >= 0.3 is 0 Å². The number of amides is 1. The smallest absolute Gasteiger partial charge is 0.254 e. The first kappa shape index (κ1) is 11.1. The molecule has 86 valence electrons. The Hall–Kier alpha value is -1.38. The summed E-state index contributed by atoms with van der Waals surface area (Å²) in [6.07, 6.45) is 5.24. The topological polar surface area (TPSA) is 33.2 Å². The molecule has 1 aliphatic heterocycles. The highest BCUT2D eigenvalue weighted by molar-refractivity contribution is 5.95. The first-order valence-corrected chi connectivity index (χ1v) is 5.91. The summed E-state index contributed by atoms with van der Waals surface area (Å²) >= 11 is 0. The van der Waals surface area contributed by atoms with E-state index in [-0.39, 0.29) is 5.91 Å². The molecule has 1 aromatic heterocycles. The third-order valence-electron chi connectivity index (χ3n) is 3.33. The molecule has 1 saturated heterocycles. The number of carbonyl (C=O) groups excluding carboxylic acids is 1. The van der Waals surface area contributed by atoms with E-state index in [0.717, 1.165) is 42.8 Å². The van der Waals surface area contributed by atoms with E-state index in [0.29, 0.717) is 0 Å². The average molecular weight is 218 g/mol. The van der Waals surface area contributed by atoms with Gasteiger partial charge in [-0.2, -0.15) is 0 Å². The molecule has 1 amide bonds. The molecule has 2 rings (SSSR count). The van der Waals surface area contributed by atoms with E-state index in [1.54, 1.807) is 6.20 Å². The molecule has 0 aromatic carbocycles. The fourth-order valence-corrected chi connectivity index (χ4v) is 2.14. The molecule has 0 spiro atoms. The largest absolute Gasteiger partial charge is 0.339 e. The molecule has 1 aliphatic rings. The van der Waals surface area contributed by atoms with Gasteiger partial charge in [0.1, 0.15) is 0 Å². The summed E-state index contributed by atoms with van der Waals surface area (Å²) in [5.41, 5.74) is 2.77. The fourth-order valence-electron chi connectivity index (χ4n) is 2.14. The fraction of sp³-hybridized carbons (Fsp3) is 0.538. The van der Waals surface area contributed by atoms with Crippen LogP contribution >= 0.6 is 0 Å². The lowest BCUT2D eigenvalue weighted by molar-refractivity contribution is 0.0723. The quantitative estimate of drug-likeness (QED) is 0.724. The first-order valence-electron chi connectivity index (χ1n) is 5.91. The van der Waals surface area contributed by atoms with E-state index >= 15 is 0 Å². The Balaban J connectivity index is 2.22. The number of hydrogen-bond donors (Lipinski definition) is 0. The Labute approximate surface area is 96.5 Å². The van der Waals surface area contributed by atoms with Crippen LogP contribution in [0.2, 0.25) is 0 Å². The molecule has 0 radical (unpaired) electrons. The summed E-state index contributed by atoms with van der Waals surface area (Å²) in [7, 11) is 0. The summed E-state index contributed by atoms with van der Waals surface area (Å²) in [6.45, 7) is 5.72. The summed E-state index contributed by atoms with van der Waals surface area (Å²) in [4.78, 5) is 18.4. The number of nitrogens with zero attached hydrogens (tertiary/aromatic N) is 2. The Morgan fingerprint density at radius 2 is 1.94 bits per heavy atom. The van der Waals surface area contributed by atoms with Crippen LogP contribution in [-0.4, -0.2) is 28.9 Å². The first-order chi connectivity index (χ1) is 7.70. The van der Waals surface area contributed by atoms with Gasteiger partial charge in [0, 0.05) is 30.5 Å². The van der Waals surface area contributed by atoms with Gasteiger partial charge in [-0.1, -0.05) is 0 Å². The standard InChI is InChI=1S/C13H18N2O/c1-10-11(2)14-7-6-12(10)13(16)15-8-4-3-5-9-15/h6-7H,3-5,8-9H2,1-2H3. The van der Waals surface area contributed by atoms with Gasteiger partial charge in [0.15, 0.2) is 0 Å². The number of likely N-dealkylation sites (tertiary alicyclic amines) is 1. The van der Waals surface area contributed by atoms with Crippen LogP contribution in [0.15, 0.2) is 12.3 Å². The van der Waals surface area contributed by atoms with Crippen molar-refractivity contribution in [3.63, 3.8) is 0 Å². The summed E-state index contributed by atoms with van der Waals surface area (Å²) in [5.74, 6) is 0.169. The number of pyridine rings is 1. The number of hydrogen-bond acceptors (Lipinski definition) is 2. The van der Waals surface area contributed by atoms with E-state index in [1.807, 2.05) is 24.8 Å². The molecule has 0 N–H and O–H groups in total. The molecule has 0 atom stereocenters.